The van der Waals surface area contributed by atoms with Crippen LogP contribution < -0.4 is 21.7 Å². The van der Waals surface area contributed by atoms with Crippen LogP contribution >= 0.6 is 15.9 Å². The number of carbonyl (C=O) groups is 3. The first kappa shape index (κ1) is 25.0. The highest BCUT2D eigenvalue weighted by Gasteiger charge is 2.25. The van der Waals surface area contributed by atoms with Gasteiger partial charge in [-0.05, 0) is 48.4 Å². The highest BCUT2D eigenvalue weighted by atomic mass is 79.9. The molecular weight excluding hydrogens is 496 g/mol. The molecule has 0 spiro atoms. The molecule has 176 valence electrons. The molecule has 34 heavy (non-hydrogen) atoms. The van der Waals surface area contributed by atoms with Crippen molar-refractivity contribution in [1.82, 2.24) is 16.0 Å². The van der Waals surface area contributed by atoms with Crippen molar-refractivity contribution >= 4 is 39.3 Å². The van der Waals surface area contributed by atoms with Gasteiger partial charge >= 0.3 is 0 Å². The number of amides is 3. The number of benzene rings is 3. The molecule has 0 aromatic heterocycles. The van der Waals surface area contributed by atoms with Crippen molar-refractivity contribution in [2.75, 3.05) is 5.73 Å². The molecule has 0 aliphatic rings. The Morgan fingerprint density at radius 1 is 0.853 bits per heavy atom. The summed E-state index contributed by atoms with van der Waals surface area (Å²) in [6.45, 7) is 1.94. The van der Waals surface area contributed by atoms with Crippen LogP contribution in [-0.2, 0) is 22.6 Å². The van der Waals surface area contributed by atoms with Crippen molar-refractivity contribution in [2.24, 2.45) is 0 Å². The van der Waals surface area contributed by atoms with Gasteiger partial charge in [-0.25, -0.2) is 0 Å². The van der Waals surface area contributed by atoms with Crippen LogP contribution in [0.25, 0.3) is 0 Å². The third-order valence-corrected chi connectivity index (χ3v) is 5.65. The van der Waals surface area contributed by atoms with Crippen molar-refractivity contribution in [3.05, 3.63) is 100 Å². The van der Waals surface area contributed by atoms with Gasteiger partial charge in [-0.2, -0.15) is 0 Å². The van der Waals surface area contributed by atoms with E-state index in [1.807, 2.05) is 54.6 Å². The second kappa shape index (κ2) is 12.0. The summed E-state index contributed by atoms with van der Waals surface area (Å²) >= 11 is 3.40. The van der Waals surface area contributed by atoms with Gasteiger partial charge in [0.1, 0.15) is 12.1 Å². The molecule has 0 aliphatic carbocycles. The first-order chi connectivity index (χ1) is 16.3. The smallest absolute Gasteiger partial charge is 0.252 e. The van der Waals surface area contributed by atoms with Gasteiger partial charge in [0.15, 0.2) is 0 Å². The van der Waals surface area contributed by atoms with E-state index in [-0.39, 0.29) is 12.3 Å². The number of rotatable bonds is 9. The van der Waals surface area contributed by atoms with E-state index in [1.54, 1.807) is 31.2 Å². The molecule has 0 heterocycles. The van der Waals surface area contributed by atoms with Gasteiger partial charge in [0.2, 0.25) is 11.8 Å². The fourth-order valence-electron chi connectivity index (χ4n) is 3.35. The van der Waals surface area contributed by atoms with Gasteiger partial charge in [0.25, 0.3) is 5.91 Å². The number of hydrogen-bond donors (Lipinski definition) is 4. The van der Waals surface area contributed by atoms with E-state index < -0.39 is 23.9 Å². The fourth-order valence-corrected chi connectivity index (χ4v) is 3.80. The average Bonchev–Trinajstić information content (AvgIpc) is 2.82. The van der Waals surface area contributed by atoms with Crippen LogP contribution in [0.2, 0.25) is 0 Å². The maximum absolute atomic E-state index is 13.1. The minimum absolute atomic E-state index is 0.271. The number of carbonyl (C=O) groups excluding carboxylic acids is 3. The van der Waals surface area contributed by atoms with Gasteiger partial charge in [-0.1, -0.05) is 64.5 Å². The predicted molar refractivity (Wildman–Crippen MR) is 136 cm³/mol. The Balaban J connectivity index is 1.65. The fraction of sp³-hybridized carbons (Fsp3) is 0.192. The number of hydrogen-bond acceptors (Lipinski definition) is 4. The topological polar surface area (TPSA) is 113 Å². The van der Waals surface area contributed by atoms with Crippen molar-refractivity contribution in [2.45, 2.75) is 32.0 Å². The summed E-state index contributed by atoms with van der Waals surface area (Å²) < 4.78 is 0.917. The maximum Gasteiger partial charge on any atom is 0.252 e. The molecule has 0 unspecified atom stereocenters. The highest BCUT2D eigenvalue weighted by Crippen LogP contribution is 2.12. The Bertz CT molecular complexity index is 1150. The van der Waals surface area contributed by atoms with Crippen LogP contribution in [-0.4, -0.2) is 29.8 Å². The van der Waals surface area contributed by atoms with Crippen molar-refractivity contribution in [3.63, 3.8) is 0 Å². The molecule has 8 heteroatoms. The molecule has 0 bridgehead atoms. The summed E-state index contributed by atoms with van der Waals surface area (Å²) in [6, 6.07) is 21.8. The van der Waals surface area contributed by atoms with E-state index in [1.165, 1.54) is 0 Å². The van der Waals surface area contributed by atoms with E-state index in [9.17, 15) is 14.4 Å². The lowest BCUT2D eigenvalue weighted by atomic mass is 10.0. The lowest BCUT2D eigenvalue weighted by Gasteiger charge is -2.21. The number of nitrogens with two attached hydrogens (primary N) is 1. The minimum atomic E-state index is -0.878. The minimum Gasteiger partial charge on any atom is -0.399 e. The van der Waals surface area contributed by atoms with Crippen molar-refractivity contribution in [1.29, 1.82) is 0 Å². The van der Waals surface area contributed by atoms with Gasteiger partial charge in [-0.15, -0.1) is 0 Å². The standard InChI is InChI=1S/C26H27BrN4O3/c1-17(24(32)29-16-19-9-5-11-21(27)13-19)30-26(34)23(14-18-7-3-2-4-8-18)31-25(33)20-10-6-12-22(28)15-20/h2-13,15,17,23H,14,16,28H2,1H3,(H,29,32)(H,30,34)(H,31,33)/t17-,23-/m0/s1. The maximum atomic E-state index is 13.1. The van der Waals surface area contributed by atoms with Crippen LogP contribution in [0.4, 0.5) is 5.69 Å². The van der Waals surface area contributed by atoms with Crippen LogP contribution in [0, 0.1) is 0 Å². The van der Waals surface area contributed by atoms with Gasteiger partial charge in [0, 0.05) is 28.7 Å². The second-order valence-electron chi connectivity index (χ2n) is 7.92. The molecule has 3 amide bonds. The molecule has 2 atom stereocenters. The summed E-state index contributed by atoms with van der Waals surface area (Å²) in [6.07, 6.45) is 0.271. The Hall–Kier alpha value is -3.65. The van der Waals surface area contributed by atoms with Crippen LogP contribution in [0.5, 0.6) is 0 Å². The summed E-state index contributed by atoms with van der Waals surface area (Å²) in [5.41, 5.74) is 8.39. The van der Waals surface area contributed by atoms with Crippen LogP contribution in [0.15, 0.2) is 83.3 Å². The third-order valence-electron chi connectivity index (χ3n) is 5.16. The molecule has 0 aliphatic heterocycles. The quantitative estimate of drug-likeness (QED) is 0.323. The van der Waals surface area contributed by atoms with E-state index in [0.717, 1.165) is 15.6 Å². The molecule has 3 rings (SSSR count). The molecule has 3 aromatic rings. The zero-order chi connectivity index (χ0) is 24.5. The zero-order valence-corrected chi connectivity index (χ0v) is 20.3. The van der Waals surface area contributed by atoms with Crippen molar-refractivity contribution in [3.8, 4) is 0 Å². The second-order valence-corrected chi connectivity index (χ2v) is 8.83. The average molecular weight is 523 g/mol. The zero-order valence-electron chi connectivity index (χ0n) is 18.8. The predicted octanol–water partition coefficient (Wildman–Crippen LogP) is 3.19. The molecule has 0 saturated carbocycles. The first-order valence-corrected chi connectivity index (χ1v) is 11.6. The van der Waals surface area contributed by atoms with Gasteiger partial charge in [-0.3, -0.25) is 14.4 Å². The summed E-state index contributed by atoms with van der Waals surface area (Å²) in [5, 5.41) is 8.31. The number of nitrogen functional groups attached to an aromatic ring is 1. The van der Waals surface area contributed by atoms with E-state index >= 15 is 0 Å². The molecule has 3 aromatic carbocycles. The summed E-state index contributed by atoms with van der Waals surface area (Å²) in [7, 11) is 0. The van der Waals surface area contributed by atoms with E-state index in [2.05, 4.69) is 31.9 Å². The van der Waals surface area contributed by atoms with E-state index in [0.29, 0.717) is 17.8 Å². The lowest BCUT2D eigenvalue weighted by molar-refractivity contribution is -0.129. The Labute approximate surface area is 207 Å². The normalized spacial score (nSPS) is 12.3. The van der Waals surface area contributed by atoms with Crippen LogP contribution in [0.1, 0.15) is 28.4 Å². The Morgan fingerprint density at radius 2 is 1.56 bits per heavy atom. The van der Waals surface area contributed by atoms with Gasteiger partial charge in [0.05, 0.1) is 0 Å². The molecule has 0 saturated heterocycles. The highest BCUT2D eigenvalue weighted by molar-refractivity contribution is 9.10. The SMILES string of the molecule is C[C@H](NC(=O)[C@H](Cc1ccccc1)NC(=O)c1cccc(N)c1)C(=O)NCc1cccc(Br)c1. The van der Waals surface area contributed by atoms with Crippen molar-refractivity contribution < 1.29 is 14.4 Å². The lowest BCUT2D eigenvalue weighted by Crippen LogP contribution is -2.53. The first-order valence-electron chi connectivity index (χ1n) is 10.8. The monoisotopic (exact) mass is 522 g/mol. The molecular formula is C26H27BrN4O3. The number of halogens is 1. The van der Waals surface area contributed by atoms with E-state index in [4.69, 9.17) is 5.73 Å². The number of anilines is 1. The third kappa shape index (κ3) is 7.45. The Kier molecular flexibility index (Phi) is 8.81. The molecule has 5 N–H and O–H groups in total. The van der Waals surface area contributed by atoms with Crippen LogP contribution in [0.3, 0.4) is 0 Å². The Morgan fingerprint density at radius 3 is 2.26 bits per heavy atom. The summed E-state index contributed by atoms with van der Waals surface area (Å²) in [5.74, 6) is -1.20. The van der Waals surface area contributed by atoms with Gasteiger partial charge < -0.3 is 21.7 Å². The number of nitrogens with one attached hydrogen (secondary N) is 3. The molecule has 7 nitrogen and oxygen atoms in total. The summed E-state index contributed by atoms with van der Waals surface area (Å²) in [4.78, 5) is 38.4. The largest absolute Gasteiger partial charge is 0.399 e. The molecule has 0 fully saturated rings. The molecule has 0 radical (unpaired) electrons.